The molecule has 0 radical (unpaired) electrons. The predicted molar refractivity (Wildman–Crippen MR) is 76.5 cm³/mol. The van der Waals surface area contributed by atoms with Gasteiger partial charge in [-0.2, -0.15) is 0 Å². The average Bonchev–Trinajstić information content (AvgIpc) is 2.91. The van der Waals surface area contributed by atoms with Crippen molar-refractivity contribution >= 4 is 11.7 Å². The number of benzene rings is 1. The lowest BCUT2D eigenvalue weighted by Gasteiger charge is -2.27. The van der Waals surface area contributed by atoms with E-state index in [1.807, 2.05) is 11.0 Å². The maximum atomic E-state index is 13.3. The molecule has 110 valence electrons. The van der Waals surface area contributed by atoms with E-state index >= 15 is 0 Å². The zero-order valence-electron chi connectivity index (χ0n) is 11.6. The molecule has 0 saturated carbocycles. The van der Waals surface area contributed by atoms with Crippen molar-refractivity contribution in [2.24, 2.45) is 0 Å². The van der Waals surface area contributed by atoms with Crippen LogP contribution in [0.3, 0.4) is 0 Å². The normalized spacial score (nSPS) is 15.4. The Morgan fingerprint density at radius 3 is 2.70 bits per heavy atom. The molecule has 1 aliphatic rings. The van der Waals surface area contributed by atoms with E-state index in [1.165, 1.54) is 25.0 Å². The second-order valence-electron chi connectivity index (χ2n) is 5.16. The third kappa shape index (κ3) is 4.49. The van der Waals surface area contributed by atoms with E-state index in [1.54, 1.807) is 6.07 Å². The van der Waals surface area contributed by atoms with Gasteiger partial charge in [-0.25, -0.2) is 4.39 Å². The first-order chi connectivity index (χ1) is 9.65. The summed E-state index contributed by atoms with van der Waals surface area (Å²) in [5, 5.41) is 8.83. The van der Waals surface area contributed by atoms with Gasteiger partial charge in [-0.1, -0.05) is 6.07 Å². The molecule has 0 unspecified atom stereocenters. The number of rotatable bonds is 7. The van der Waals surface area contributed by atoms with E-state index in [4.69, 9.17) is 5.11 Å². The van der Waals surface area contributed by atoms with Crippen LogP contribution in [-0.2, 0) is 4.79 Å². The fraction of sp³-hybridized carbons (Fsp3) is 0.533. The van der Waals surface area contributed by atoms with Gasteiger partial charge < -0.3 is 14.9 Å². The summed E-state index contributed by atoms with van der Waals surface area (Å²) in [6.45, 7) is 4.26. The minimum absolute atomic E-state index is 0.0660. The van der Waals surface area contributed by atoms with Crippen LogP contribution in [0.15, 0.2) is 24.3 Å². The van der Waals surface area contributed by atoms with Crippen LogP contribution in [0.1, 0.15) is 19.3 Å². The first kappa shape index (κ1) is 14.8. The van der Waals surface area contributed by atoms with Gasteiger partial charge in [-0.05, 0) is 44.1 Å². The first-order valence-electron chi connectivity index (χ1n) is 7.10. The maximum absolute atomic E-state index is 13.3. The number of likely N-dealkylation sites (tertiary alicyclic amines) is 1. The smallest absolute Gasteiger partial charge is 0.305 e. The van der Waals surface area contributed by atoms with Crippen LogP contribution < -0.4 is 4.90 Å². The number of carboxylic acid groups (broad SMARTS) is 1. The molecule has 0 atom stereocenters. The molecule has 0 aromatic heterocycles. The summed E-state index contributed by atoms with van der Waals surface area (Å²) in [5.74, 6) is -1.11. The molecule has 5 heteroatoms. The molecule has 0 aliphatic carbocycles. The van der Waals surface area contributed by atoms with E-state index < -0.39 is 5.97 Å². The fourth-order valence-electron chi connectivity index (χ4n) is 2.54. The number of carboxylic acids is 1. The number of aliphatic carboxylic acids is 1. The number of nitrogens with zero attached hydrogens (tertiary/aromatic N) is 2. The summed E-state index contributed by atoms with van der Waals surface area (Å²) >= 11 is 0. The van der Waals surface area contributed by atoms with Gasteiger partial charge in [-0.3, -0.25) is 4.79 Å². The zero-order chi connectivity index (χ0) is 14.4. The lowest BCUT2D eigenvalue weighted by molar-refractivity contribution is -0.136. The second kappa shape index (κ2) is 7.24. The second-order valence-corrected chi connectivity index (χ2v) is 5.16. The van der Waals surface area contributed by atoms with Crippen molar-refractivity contribution in [1.29, 1.82) is 0 Å². The highest BCUT2D eigenvalue weighted by molar-refractivity contribution is 5.67. The van der Waals surface area contributed by atoms with Crippen LogP contribution in [0.2, 0.25) is 0 Å². The van der Waals surface area contributed by atoms with Gasteiger partial charge in [0.25, 0.3) is 0 Å². The Labute approximate surface area is 118 Å². The molecule has 2 rings (SSSR count). The molecule has 20 heavy (non-hydrogen) atoms. The molecule has 1 heterocycles. The molecule has 1 N–H and O–H groups in total. The lowest BCUT2D eigenvalue weighted by Crippen LogP contribution is -2.35. The van der Waals surface area contributed by atoms with E-state index in [9.17, 15) is 9.18 Å². The summed E-state index contributed by atoms with van der Waals surface area (Å²) in [5.41, 5.74) is 0.755. The summed E-state index contributed by atoms with van der Waals surface area (Å²) in [4.78, 5) is 15.1. The highest BCUT2D eigenvalue weighted by atomic mass is 19.1. The Morgan fingerprint density at radius 1 is 1.30 bits per heavy atom. The van der Waals surface area contributed by atoms with E-state index in [2.05, 4.69) is 4.90 Å². The van der Waals surface area contributed by atoms with Crippen molar-refractivity contribution in [3.8, 4) is 0 Å². The largest absolute Gasteiger partial charge is 0.481 e. The summed E-state index contributed by atoms with van der Waals surface area (Å²) in [7, 11) is 0. The molecule has 1 aliphatic heterocycles. The van der Waals surface area contributed by atoms with Gasteiger partial charge in [0.05, 0.1) is 6.42 Å². The molecule has 0 bridgehead atoms. The molecule has 0 amide bonds. The van der Waals surface area contributed by atoms with E-state index in [0.29, 0.717) is 6.54 Å². The summed E-state index contributed by atoms with van der Waals surface area (Å²) < 4.78 is 13.3. The Morgan fingerprint density at radius 2 is 2.05 bits per heavy atom. The summed E-state index contributed by atoms with van der Waals surface area (Å²) in [6, 6.07) is 6.36. The highest BCUT2D eigenvalue weighted by Gasteiger charge is 2.14. The van der Waals surface area contributed by atoms with E-state index in [0.717, 1.165) is 31.9 Å². The third-order valence-electron chi connectivity index (χ3n) is 3.65. The lowest BCUT2D eigenvalue weighted by atomic mass is 10.2. The van der Waals surface area contributed by atoms with Crippen molar-refractivity contribution in [3.63, 3.8) is 0 Å². The number of hydrogen-bond acceptors (Lipinski definition) is 3. The van der Waals surface area contributed by atoms with Crippen molar-refractivity contribution < 1.29 is 14.3 Å². The zero-order valence-corrected chi connectivity index (χ0v) is 11.6. The Balaban J connectivity index is 1.97. The summed E-state index contributed by atoms with van der Waals surface area (Å²) in [6.07, 6.45) is 2.53. The SMILES string of the molecule is O=C(O)CCN(CCN1CCCC1)c1cccc(F)c1. The predicted octanol–water partition coefficient (Wildman–Crippen LogP) is 2.20. The maximum Gasteiger partial charge on any atom is 0.305 e. The van der Waals surface area contributed by atoms with Crippen LogP contribution in [0.5, 0.6) is 0 Å². The van der Waals surface area contributed by atoms with Crippen molar-refractivity contribution in [1.82, 2.24) is 4.90 Å². The monoisotopic (exact) mass is 280 g/mol. The van der Waals surface area contributed by atoms with Crippen molar-refractivity contribution in [3.05, 3.63) is 30.1 Å². The molecule has 0 spiro atoms. The minimum Gasteiger partial charge on any atom is -0.481 e. The topological polar surface area (TPSA) is 43.8 Å². The number of halogens is 1. The molecular weight excluding hydrogens is 259 g/mol. The Bertz CT molecular complexity index is 447. The van der Waals surface area contributed by atoms with Crippen molar-refractivity contribution in [2.75, 3.05) is 37.6 Å². The molecular formula is C15H21FN2O2. The van der Waals surface area contributed by atoms with Gasteiger partial charge in [0.1, 0.15) is 5.82 Å². The first-order valence-corrected chi connectivity index (χ1v) is 7.10. The molecule has 1 aromatic carbocycles. The van der Waals surface area contributed by atoms with Crippen LogP contribution in [0, 0.1) is 5.82 Å². The van der Waals surface area contributed by atoms with Crippen LogP contribution in [0.4, 0.5) is 10.1 Å². The average molecular weight is 280 g/mol. The standard InChI is InChI=1S/C15H21FN2O2/c16-13-4-3-5-14(12-13)18(9-6-15(19)20)11-10-17-7-1-2-8-17/h3-5,12H,1-2,6-11H2,(H,19,20). The molecule has 1 fully saturated rings. The van der Waals surface area contributed by atoms with Gasteiger partial charge in [0.2, 0.25) is 0 Å². The minimum atomic E-state index is -0.826. The highest BCUT2D eigenvalue weighted by Crippen LogP contribution is 2.16. The van der Waals surface area contributed by atoms with Crippen molar-refractivity contribution in [2.45, 2.75) is 19.3 Å². The van der Waals surface area contributed by atoms with Gasteiger partial charge in [0, 0.05) is 25.3 Å². The Kier molecular flexibility index (Phi) is 5.35. The van der Waals surface area contributed by atoms with Crippen LogP contribution in [-0.4, -0.2) is 48.7 Å². The van der Waals surface area contributed by atoms with Gasteiger partial charge >= 0.3 is 5.97 Å². The van der Waals surface area contributed by atoms with Crippen LogP contribution >= 0.6 is 0 Å². The van der Waals surface area contributed by atoms with Gasteiger partial charge in [-0.15, -0.1) is 0 Å². The molecule has 1 saturated heterocycles. The molecule has 4 nitrogen and oxygen atoms in total. The molecule has 1 aromatic rings. The van der Waals surface area contributed by atoms with E-state index in [-0.39, 0.29) is 12.2 Å². The number of anilines is 1. The number of carbonyl (C=O) groups is 1. The Hall–Kier alpha value is -1.62. The number of hydrogen-bond donors (Lipinski definition) is 1. The fourth-order valence-corrected chi connectivity index (χ4v) is 2.54. The third-order valence-corrected chi connectivity index (χ3v) is 3.65. The van der Waals surface area contributed by atoms with Gasteiger partial charge in [0.15, 0.2) is 0 Å². The van der Waals surface area contributed by atoms with Crippen LogP contribution in [0.25, 0.3) is 0 Å². The quantitative estimate of drug-likeness (QED) is 0.831.